The molecule has 0 saturated carbocycles. The van der Waals surface area contributed by atoms with Gasteiger partial charge in [0, 0.05) is 5.56 Å². The lowest BCUT2D eigenvalue weighted by Gasteiger charge is -2.13. The second-order valence-electron chi connectivity index (χ2n) is 4.35. The van der Waals surface area contributed by atoms with Gasteiger partial charge in [0.25, 0.3) is 0 Å². The Morgan fingerprint density at radius 1 is 1.43 bits per heavy atom. The van der Waals surface area contributed by atoms with E-state index in [2.05, 4.69) is 21.8 Å². The molecule has 9 heteroatoms. The molecular weight excluding hydrogens is 316 g/mol. The molecule has 0 aliphatic rings. The van der Waals surface area contributed by atoms with Gasteiger partial charge >= 0.3 is 6.18 Å². The average molecular weight is 328 g/mol. The van der Waals surface area contributed by atoms with Crippen LogP contribution in [0.1, 0.15) is 17.4 Å². The molecule has 1 heterocycles. The summed E-state index contributed by atoms with van der Waals surface area (Å²) in [4.78, 5) is 8.42. The zero-order valence-electron chi connectivity index (χ0n) is 11.7. The number of nitrogens with zero attached hydrogens (tertiary/aromatic N) is 4. The van der Waals surface area contributed by atoms with Crippen LogP contribution in [0.2, 0.25) is 0 Å². The molecule has 5 nitrogen and oxygen atoms in total. The van der Waals surface area contributed by atoms with Crippen molar-refractivity contribution in [3.8, 4) is 0 Å². The first kappa shape index (κ1) is 16.7. The molecule has 0 amide bonds. The van der Waals surface area contributed by atoms with Gasteiger partial charge in [-0.25, -0.2) is 14.1 Å². The number of halogens is 4. The van der Waals surface area contributed by atoms with Crippen molar-refractivity contribution in [3.63, 3.8) is 0 Å². The Morgan fingerprint density at radius 3 is 2.83 bits per heavy atom. The summed E-state index contributed by atoms with van der Waals surface area (Å²) in [5.74, 6) is 0. The number of aromatic nitrogens is 3. The molecule has 2 aromatic rings. The maximum Gasteiger partial charge on any atom is 0.416 e. The van der Waals surface area contributed by atoms with Crippen molar-refractivity contribution in [1.29, 1.82) is 0 Å². The summed E-state index contributed by atoms with van der Waals surface area (Å²) in [6.45, 7) is 3.39. The lowest BCUT2D eigenvalue weighted by Crippen LogP contribution is -2.18. The van der Waals surface area contributed by atoms with E-state index < -0.39 is 18.0 Å². The van der Waals surface area contributed by atoms with Crippen LogP contribution in [0.4, 0.5) is 17.6 Å². The maximum absolute atomic E-state index is 14.5. The summed E-state index contributed by atoms with van der Waals surface area (Å²) >= 11 is 0. The topological polar surface area (TPSA) is 52.3 Å². The van der Waals surface area contributed by atoms with Crippen molar-refractivity contribution in [3.05, 3.63) is 60.7 Å². The molecule has 0 spiro atoms. The standard InChI is InChI=1S/C14H12F4N4O/c1-2-6-23-21-12(13(15)22-9-19-8-20-22)10-4-3-5-11(7-10)14(16,17)18/h2-5,7-9,13H,1,6H2. The quantitative estimate of drug-likeness (QED) is 0.269. The second-order valence-corrected chi connectivity index (χ2v) is 4.35. The fourth-order valence-electron chi connectivity index (χ4n) is 1.71. The van der Waals surface area contributed by atoms with Gasteiger partial charge in [0.15, 0.2) is 0 Å². The van der Waals surface area contributed by atoms with Gasteiger partial charge in [-0.3, -0.25) is 0 Å². The number of hydrogen-bond acceptors (Lipinski definition) is 4. The zero-order chi connectivity index (χ0) is 16.9. The van der Waals surface area contributed by atoms with Crippen molar-refractivity contribution >= 4 is 5.71 Å². The number of alkyl halides is 4. The van der Waals surface area contributed by atoms with Gasteiger partial charge < -0.3 is 4.84 Å². The van der Waals surface area contributed by atoms with Crippen molar-refractivity contribution in [2.45, 2.75) is 12.5 Å². The van der Waals surface area contributed by atoms with Crippen LogP contribution in [0.15, 0.2) is 54.7 Å². The molecule has 0 aliphatic carbocycles. The molecule has 0 N–H and O–H groups in total. The Bertz CT molecular complexity index is 682. The Hall–Kier alpha value is -2.71. The minimum Gasteiger partial charge on any atom is -0.391 e. The fourth-order valence-corrected chi connectivity index (χ4v) is 1.71. The first-order valence-electron chi connectivity index (χ1n) is 6.40. The van der Waals surface area contributed by atoms with Crippen molar-refractivity contribution in [2.24, 2.45) is 5.16 Å². The normalized spacial score (nSPS) is 13.7. The van der Waals surface area contributed by atoms with Gasteiger partial charge in [-0.05, 0) is 12.1 Å². The third kappa shape index (κ3) is 4.15. The van der Waals surface area contributed by atoms with Crippen LogP contribution in [-0.2, 0) is 11.0 Å². The van der Waals surface area contributed by atoms with Crippen molar-refractivity contribution in [1.82, 2.24) is 14.8 Å². The molecule has 0 aliphatic heterocycles. The summed E-state index contributed by atoms with van der Waals surface area (Å²) < 4.78 is 53.8. The van der Waals surface area contributed by atoms with Crippen LogP contribution in [0.25, 0.3) is 0 Å². The van der Waals surface area contributed by atoms with E-state index in [1.165, 1.54) is 12.1 Å². The minimum atomic E-state index is -4.55. The van der Waals surface area contributed by atoms with Crippen LogP contribution >= 0.6 is 0 Å². The lowest BCUT2D eigenvalue weighted by molar-refractivity contribution is -0.137. The smallest absolute Gasteiger partial charge is 0.391 e. The highest BCUT2D eigenvalue weighted by molar-refractivity contribution is 6.02. The van der Waals surface area contributed by atoms with E-state index in [9.17, 15) is 17.6 Å². The molecule has 0 saturated heterocycles. The summed E-state index contributed by atoms with van der Waals surface area (Å²) in [6.07, 6.45) is -2.95. The second kappa shape index (κ2) is 7.03. The molecular formula is C14H12F4N4O. The molecule has 122 valence electrons. The van der Waals surface area contributed by atoms with E-state index in [-0.39, 0.29) is 17.9 Å². The minimum absolute atomic E-state index is 0.0213. The van der Waals surface area contributed by atoms with Gasteiger partial charge in [-0.15, -0.1) is 0 Å². The van der Waals surface area contributed by atoms with Gasteiger partial charge in [0.1, 0.15) is 25.0 Å². The van der Waals surface area contributed by atoms with E-state index in [0.29, 0.717) is 0 Å². The molecule has 0 fully saturated rings. The average Bonchev–Trinajstić information content (AvgIpc) is 3.05. The number of rotatable bonds is 6. The van der Waals surface area contributed by atoms with E-state index in [4.69, 9.17) is 4.84 Å². The van der Waals surface area contributed by atoms with Gasteiger partial charge in [0.05, 0.1) is 5.56 Å². The Labute approximate surface area is 128 Å². The van der Waals surface area contributed by atoms with Crippen LogP contribution in [0.3, 0.4) is 0 Å². The van der Waals surface area contributed by atoms with Crippen molar-refractivity contribution < 1.29 is 22.4 Å². The predicted octanol–water partition coefficient (Wildman–Crippen LogP) is 3.37. The largest absolute Gasteiger partial charge is 0.416 e. The highest BCUT2D eigenvalue weighted by atomic mass is 19.4. The summed E-state index contributed by atoms with van der Waals surface area (Å²) in [6, 6.07) is 4.14. The van der Waals surface area contributed by atoms with E-state index in [0.717, 1.165) is 35.5 Å². The fraction of sp³-hybridized carbons (Fsp3) is 0.214. The van der Waals surface area contributed by atoms with E-state index in [1.54, 1.807) is 0 Å². The SMILES string of the molecule is C=CCON=C(c1cccc(C(F)(F)F)c1)C(F)n1cncn1. The predicted molar refractivity (Wildman–Crippen MR) is 74.3 cm³/mol. The van der Waals surface area contributed by atoms with Gasteiger partial charge in [-0.2, -0.15) is 18.3 Å². The summed E-state index contributed by atoms with van der Waals surface area (Å²) in [5, 5.41) is 7.19. The maximum atomic E-state index is 14.5. The summed E-state index contributed by atoms with van der Waals surface area (Å²) in [7, 11) is 0. The van der Waals surface area contributed by atoms with Crippen LogP contribution in [0.5, 0.6) is 0 Å². The third-order valence-corrected chi connectivity index (χ3v) is 2.74. The first-order valence-corrected chi connectivity index (χ1v) is 6.40. The van der Waals surface area contributed by atoms with Crippen molar-refractivity contribution in [2.75, 3.05) is 6.61 Å². The Balaban J connectivity index is 2.41. The molecule has 0 radical (unpaired) electrons. The van der Waals surface area contributed by atoms with Crippen LogP contribution in [-0.4, -0.2) is 27.1 Å². The Kier molecular flexibility index (Phi) is 5.09. The molecule has 0 bridgehead atoms. The van der Waals surface area contributed by atoms with E-state index in [1.807, 2.05) is 0 Å². The highest BCUT2D eigenvalue weighted by Crippen LogP contribution is 2.30. The van der Waals surface area contributed by atoms with Crippen LogP contribution in [0, 0.1) is 0 Å². The molecule has 23 heavy (non-hydrogen) atoms. The summed E-state index contributed by atoms with van der Waals surface area (Å²) in [5.41, 5.74) is -1.35. The zero-order valence-corrected chi connectivity index (χ0v) is 11.7. The molecule has 1 atom stereocenters. The molecule has 1 unspecified atom stereocenters. The van der Waals surface area contributed by atoms with Gasteiger partial charge in [0.2, 0.25) is 6.30 Å². The monoisotopic (exact) mass is 328 g/mol. The molecule has 1 aromatic heterocycles. The van der Waals surface area contributed by atoms with E-state index >= 15 is 0 Å². The molecule has 1 aromatic carbocycles. The number of hydrogen-bond donors (Lipinski definition) is 0. The Morgan fingerprint density at radius 2 is 2.22 bits per heavy atom. The lowest BCUT2D eigenvalue weighted by atomic mass is 10.1. The number of oxime groups is 1. The third-order valence-electron chi connectivity index (χ3n) is 2.74. The first-order chi connectivity index (χ1) is 10.9. The highest BCUT2D eigenvalue weighted by Gasteiger charge is 2.31. The molecule has 2 rings (SSSR count). The van der Waals surface area contributed by atoms with Crippen LogP contribution < -0.4 is 0 Å². The van der Waals surface area contributed by atoms with Gasteiger partial charge in [-0.1, -0.05) is 29.9 Å². The number of benzene rings is 1.